The zero-order valence-electron chi connectivity index (χ0n) is 14.7. The van der Waals surface area contributed by atoms with Crippen molar-refractivity contribution in [3.8, 4) is 0 Å². The molecule has 0 aromatic carbocycles. The van der Waals surface area contributed by atoms with Crippen LogP contribution in [0.3, 0.4) is 0 Å². The molecule has 0 aliphatic carbocycles. The summed E-state index contributed by atoms with van der Waals surface area (Å²) in [6, 6.07) is 0. The lowest BCUT2D eigenvalue weighted by atomic mass is 11.8. The molecule has 2 rings (SSSR count). The lowest BCUT2D eigenvalue weighted by molar-refractivity contribution is 0.273. The first-order chi connectivity index (χ1) is 10.7. The predicted molar refractivity (Wildman–Crippen MR) is 119 cm³/mol. The average molecular weight is 497 g/mol. The maximum Gasteiger partial charge on any atom is 0.318 e. The van der Waals surface area contributed by atoms with E-state index in [4.69, 9.17) is 32.9 Å². The van der Waals surface area contributed by atoms with Crippen LogP contribution in [0.4, 0.5) is 0 Å². The normalized spacial score (nSPS) is 45.4. The molecule has 0 N–H and O–H groups in total. The molecule has 0 saturated carbocycles. The van der Waals surface area contributed by atoms with Crippen LogP contribution in [0.1, 0.15) is 14.9 Å². The second-order valence-electron chi connectivity index (χ2n) is 6.08. The molecule has 2 saturated heterocycles. The molecular formula is C9H36O8Si8. The first-order valence-electron chi connectivity index (χ1n) is 7.87. The Morgan fingerprint density at radius 3 is 1.40 bits per heavy atom. The highest BCUT2D eigenvalue weighted by atomic mass is 28.5. The van der Waals surface area contributed by atoms with Crippen LogP contribution in [0.2, 0.25) is 44.9 Å². The molecule has 0 aromatic heterocycles. The fourth-order valence-corrected chi connectivity index (χ4v) is 32.7. The van der Waals surface area contributed by atoms with Crippen LogP contribution in [-0.4, -0.2) is 74.3 Å². The van der Waals surface area contributed by atoms with Gasteiger partial charge < -0.3 is 32.9 Å². The van der Waals surface area contributed by atoms with Gasteiger partial charge in [-0.2, -0.15) is 0 Å². The maximum atomic E-state index is 6.30. The third-order valence-corrected chi connectivity index (χ3v) is 32.2. The topological polar surface area (TPSA) is 73.8 Å². The summed E-state index contributed by atoms with van der Waals surface area (Å²) in [5.41, 5.74) is 0.722. The van der Waals surface area contributed by atoms with Crippen molar-refractivity contribution < 1.29 is 32.9 Å². The van der Waals surface area contributed by atoms with Crippen molar-refractivity contribution in [3.63, 3.8) is 0 Å². The molecule has 0 amide bonds. The molecule has 8 nitrogen and oxygen atoms in total. The third kappa shape index (κ3) is 8.97. The van der Waals surface area contributed by atoms with E-state index in [0.29, 0.717) is 0 Å². The highest BCUT2D eigenvalue weighted by Gasteiger charge is 2.48. The van der Waals surface area contributed by atoms with E-state index in [9.17, 15) is 0 Å². The molecule has 0 aromatic rings. The van der Waals surface area contributed by atoms with Gasteiger partial charge in [0.05, 0.1) is 0 Å². The van der Waals surface area contributed by atoms with Gasteiger partial charge in [0.2, 0.25) is 0 Å². The van der Waals surface area contributed by atoms with E-state index in [-0.39, 0.29) is 14.9 Å². The minimum atomic E-state index is -2.40. The van der Waals surface area contributed by atoms with Crippen molar-refractivity contribution in [2.75, 3.05) is 0 Å². The van der Waals surface area contributed by atoms with Crippen LogP contribution in [0, 0.1) is 0 Å². The minimum Gasteiger partial charge on any atom is -0.423 e. The van der Waals surface area contributed by atoms with E-state index in [1.54, 1.807) is 0 Å². The third-order valence-electron chi connectivity index (χ3n) is 3.57. The molecule has 2 aliphatic heterocycles. The van der Waals surface area contributed by atoms with E-state index < -0.39 is 74.3 Å². The summed E-state index contributed by atoms with van der Waals surface area (Å²) in [5.74, 6) is 0. The van der Waals surface area contributed by atoms with Crippen LogP contribution in [0.5, 0.6) is 0 Å². The van der Waals surface area contributed by atoms with Gasteiger partial charge in [0.1, 0.15) is 0 Å². The Morgan fingerprint density at radius 1 is 0.680 bits per heavy atom. The summed E-state index contributed by atoms with van der Waals surface area (Å²) in [6.07, 6.45) is 0. The first-order valence-corrected chi connectivity index (χ1v) is 23.6. The van der Waals surface area contributed by atoms with Crippen molar-refractivity contribution in [1.82, 2.24) is 0 Å². The van der Waals surface area contributed by atoms with Crippen molar-refractivity contribution >= 4 is 74.3 Å². The van der Waals surface area contributed by atoms with Gasteiger partial charge in [0.25, 0.3) is 57.1 Å². The van der Waals surface area contributed by atoms with Crippen LogP contribution < -0.4 is 0 Å². The van der Waals surface area contributed by atoms with Gasteiger partial charge in [-0.1, -0.05) is 14.9 Å². The van der Waals surface area contributed by atoms with Gasteiger partial charge in [-0.15, -0.1) is 0 Å². The van der Waals surface area contributed by atoms with Crippen LogP contribution in [0.15, 0.2) is 0 Å². The molecule has 6 unspecified atom stereocenters. The Bertz CT molecular complexity index is 365. The van der Waals surface area contributed by atoms with Gasteiger partial charge >= 0.3 is 17.1 Å². The first kappa shape index (κ1) is 26.4. The lowest BCUT2D eigenvalue weighted by Gasteiger charge is -2.40. The smallest absolute Gasteiger partial charge is 0.318 e. The van der Waals surface area contributed by atoms with Gasteiger partial charge in [0, 0.05) is 5.67 Å². The van der Waals surface area contributed by atoms with Crippen LogP contribution in [0.25, 0.3) is 0 Å². The Hall–Kier alpha value is 1.42. The Balaban J connectivity index is 0.00000288. The maximum absolute atomic E-state index is 6.30. The average Bonchev–Trinajstić information content (AvgIpc) is 2.33. The van der Waals surface area contributed by atoms with Crippen molar-refractivity contribution in [2.24, 2.45) is 0 Å². The Morgan fingerprint density at radius 2 is 1.04 bits per heavy atom. The summed E-state index contributed by atoms with van der Waals surface area (Å²) in [5, 5.41) is 0. The van der Waals surface area contributed by atoms with Crippen LogP contribution in [-0.2, 0) is 32.9 Å². The number of rotatable bonds is 2. The molecule has 0 spiro atoms. The monoisotopic (exact) mass is 496 g/mol. The largest absolute Gasteiger partial charge is 0.423 e. The molecule has 6 atom stereocenters. The SMILES string of the molecule is C.C.C[SiH]1O[SiH2]O[Si](C)(C[Si]2(C)O[SiH2]O[SiH](C)O[SiH](C)O2)O[SiH](C)O1. The number of hydrogen-bond donors (Lipinski definition) is 0. The van der Waals surface area contributed by atoms with Crippen molar-refractivity contribution in [3.05, 3.63) is 0 Å². The highest BCUT2D eigenvalue weighted by molar-refractivity contribution is 6.92. The fraction of sp³-hybridized carbons (Fsp3) is 1.00. The lowest BCUT2D eigenvalue weighted by Crippen LogP contribution is -2.59. The van der Waals surface area contributed by atoms with E-state index in [0.717, 1.165) is 5.67 Å². The molecular weight excluding hydrogens is 461 g/mol. The zero-order chi connectivity index (χ0) is 17.1. The van der Waals surface area contributed by atoms with E-state index in [2.05, 4.69) is 13.1 Å². The molecule has 0 bridgehead atoms. The van der Waals surface area contributed by atoms with Gasteiger partial charge in [-0.3, -0.25) is 0 Å². The Kier molecular flexibility index (Phi) is 12.1. The van der Waals surface area contributed by atoms with E-state index in [1.165, 1.54) is 0 Å². The summed E-state index contributed by atoms with van der Waals surface area (Å²) < 4.78 is 48.3. The van der Waals surface area contributed by atoms with Gasteiger partial charge in [0.15, 0.2) is 0 Å². The minimum absolute atomic E-state index is 0. The fourth-order valence-electron chi connectivity index (χ4n) is 2.72. The molecule has 16 heteroatoms. The summed E-state index contributed by atoms with van der Waals surface area (Å²) in [6.45, 7) is 12.3. The van der Waals surface area contributed by atoms with Gasteiger partial charge in [-0.25, -0.2) is 0 Å². The van der Waals surface area contributed by atoms with Crippen molar-refractivity contribution in [1.29, 1.82) is 0 Å². The van der Waals surface area contributed by atoms with E-state index >= 15 is 0 Å². The second-order valence-corrected chi connectivity index (χ2v) is 26.1. The summed E-state index contributed by atoms with van der Waals surface area (Å²) in [7, 11) is -13.5. The van der Waals surface area contributed by atoms with Crippen LogP contribution >= 0.6 is 0 Å². The molecule has 2 aliphatic rings. The predicted octanol–water partition coefficient (Wildman–Crippen LogP) is -0.499. The molecule has 25 heavy (non-hydrogen) atoms. The molecule has 2 fully saturated rings. The highest BCUT2D eigenvalue weighted by Crippen LogP contribution is 2.27. The molecule has 2 heterocycles. The van der Waals surface area contributed by atoms with Gasteiger partial charge in [-0.05, 0) is 39.3 Å². The van der Waals surface area contributed by atoms with E-state index in [1.807, 2.05) is 26.2 Å². The number of hydrogen-bond acceptors (Lipinski definition) is 8. The molecule has 0 radical (unpaired) electrons. The summed E-state index contributed by atoms with van der Waals surface area (Å²) in [4.78, 5) is 0. The molecule has 152 valence electrons. The van der Waals surface area contributed by atoms with Crippen molar-refractivity contribution in [2.45, 2.75) is 59.8 Å². The Labute approximate surface area is 166 Å². The second kappa shape index (κ2) is 11.4. The quantitative estimate of drug-likeness (QED) is 0.474. The summed E-state index contributed by atoms with van der Waals surface area (Å²) >= 11 is 0. The standard InChI is InChI=1S/C7H28O8Si8.2CH4/c1-18-8-16-10-22(5,14-20(3)12-18)7-23(6)11-17-9-19(2)13-21(4)15-23;;/h18-21H,7,16-17H2,1-6H3;2*1H4. The zero-order valence-corrected chi connectivity index (χ0v) is 24.1.